The number of thiocarbonyl (C=S) groups is 1. The van der Waals surface area contributed by atoms with E-state index in [0.29, 0.717) is 28.6 Å². The smallest absolute Gasteiger partial charge is 0.323 e. The molecule has 1 saturated heterocycles. The Kier molecular flexibility index (Phi) is 12.0. The van der Waals surface area contributed by atoms with E-state index in [1.165, 1.54) is 12.1 Å². The lowest BCUT2D eigenvalue weighted by molar-refractivity contribution is -0.119. The van der Waals surface area contributed by atoms with Crippen LogP contribution in [0.4, 0.5) is 20.7 Å². The molecule has 2 heterocycles. The molecule has 44 heavy (non-hydrogen) atoms. The summed E-state index contributed by atoms with van der Waals surface area (Å²) in [6, 6.07) is 16.1. The maximum Gasteiger partial charge on any atom is 0.323 e. The zero-order chi connectivity index (χ0) is 31.5. The van der Waals surface area contributed by atoms with Gasteiger partial charge in [0.05, 0.1) is 6.42 Å². The zero-order valence-electron chi connectivity index (χ0n) is 25.4. The number of urea groups is 1. The van der Waals surface area contributed by atoms with Crippen LogP contribution in [-0.2, 0) is 11.2 Å². The van der Waals surface area contributed by atoms with Crippen LogP contribution in [-0.4, -0.2) is 90.1 Å². The SMILES string of the molecule is CN(C)CCCN1CCC(N(C)C(=O)Nc2cc(Oc3ccc(NC(=S)NC(=O)Cc4ccc(F)cc4)cc3)ccn2)CC1. The number of carbonyl (C=O) groups excluding carboxylic acids is 2. The van der Waals surface area contributed by atoms with Crippen LogP contribution in [0.1, 0.15) is 24.8 Å². The first-order valence-corrected chi connectivity index (χ1v) is 15.1. The number of nitrogens with one attached hydrogen (secondary N) is 3. The van der Waals surface area contributed by atoms with Crippen LogP contribution in [0.25, 0.3) is 0 Å². The summed E-state index contributed by atoms with van der Waals surface area (Å²) < 4.78 is 19.0. The predicted molar refractivity (Wildman–Crippen MR) is 175 cm³/mol. The molecule has 3 amide bonds. The van der Waals surface area contributed by atoms with Gasteiger partial charge in [0.2, 0.25) is 5.91 Å². The average Bonchev–Trinajstić information content (AvgIpc) is 2.99. The number of halogens is 1. The molecule has 0 spiro atoms. The number of nitrogens with zero attached hydrogens (tertiary/aromatic N) is 4. The summed E-state index contributed by atoms with van der Waals surface area (Å²) in [7, 11) is 6.02. The molecule has 0 radical (unpaired) electrons. The molecule has 3 N–H and O–H groups in total. The maximum atomic E-state index is 13.1. The first-order valence-electron chi connectivity index (χ1n) is 14.6. The number of pyridine rings is 1. The quantitative estimate of drug-likeness (QED) is 0.259. The van der Waals surface area contributed by atoms with Crippen molar-refractivity contribution in [3.8, 4) is 11.5 Å². The molecule has 2 aromatic carbocycles. The lowest BCUT2D eigenvalue weighted by Crippen LogP contribution is -2.47. The lowest BCUT2D eigenvalue weighted by atomic mass is 10.0. The predicted octanol–water partition coefficient (Wildman–Crippen LogP) is 4.95. The molecular weight excluding hydrogens is 581 g/mol. The van der Waals surface area contributed by atoms with E-state index < -0.39 is 0 Å². The minimum atomic E-state index is -0.355. The summed E-state index contributed by atoms with van der Waals surface area (Å²) in [6.45, 7) is 4.15. The number of piperidine rings is 1. The van der Waals surface area contributed by atoms with Crippen molar-refractivity contribution in [1.29, 1.82) is 0 Å². The molecule has 0 saturated carbocycles. The Balaban J connectivity index is 1.21. The molecule has 12 heteroatoms. The number of aromatic nitrogens is 1. The highest BCUT2D eigenvalue weighted by Crippen LogP contribution is 2.25. The van der Waals surface area contributed by atoms with Gasteiger partial charge in [-0.1, -0.05) is 12.1 Å². The number of hydrogen-bond acceptors (Lipinski definition) is 7. The standard InChI is InChI=1S/C32H40FN7O3S/c1-38(2)17-4-18-40-19-14-26(15-20-40)39(3)32(42)36-29-22-28(13-16-34-29)43-27-11-9-25(10-12-27)35-31(44)37-30(41)21-23-5-7-24(33)8-6-23/h5-13,16,22,26H,4,14-15,17-21H2,1-3H3,(H,34,36,42)(H2,35,37,41,44). The third kappa shape index (κ3) is 10.5. The van der Waals surface area contributed by atoms with Crippen LogP contribution >= 0.6 is 12.2 Å². The van der Waals surface area contributed by atoms with Gasteiger partial charge in [-0.2, -0.15) is 0 Å². The van der Waals surface area contributed by atoms with Gasteiger partial charge in [-0.25, -0.2) is 14.2 Å². The molecule has 0 bridgehead atoms. The van der Waals surface area contributed by atoms with Crippen molar-refractivity contribution in [1.82, 2.24) is 25.0 Å². The normalized spacial score (nSPS) is 13.8. The van der Waals surface area contributed by atoms with Gasteiger partial charge in [0, 0.05) is 44.1 Å². The van der Waals surface area contributed by atoms with Gasteiger partial charge in [0.1, 0.15) is 23.1 Å². The van der Waals surface area contributed by atoms with Gasteiger partial charge in [-0.3, -0.25) is 10.1 Å². The van der Waals surface area contributed by atoms with Gasteiger partial charge in [-0.05, 0) is 107 Å². The van der Waals surface area contributed by atoms with E-state index >= 15 is 0 Å². The van der Waals surface area contributed by atoms with Crippen molar-refractivity contribution in [3.63, 3.8) is 0 Å². The molecule has 1 aromatic heterocycles. The summed E-state index contributed by atoms with van der Waals surface area (Å²) in [5.74, 6) is 0.831. The van der Waals surface area contributed by atoms with Crippen molar-refractivity contribution < 1.29 is 18.7 Å². The highest BCUT2D eigenvalue weighted by molar-refractivity contribution is 7.80. The second-order valence-electron chi connectivity index (χ2n) is 11.1. The second kappa shape index (κ2) is 16.1. The first kappa shape index (κ1) is 32.8. The van der Waals surface area contributed by atoms with Gasteiger partial charge < -0.3 is 30.1 Å². The fraction of sp³-hybridized carbons (Fsp3) is 0.375. The van der Waals surface area contributed by atoms with E-state index in [-0.39, 0.29) is 35.3 Å². The van der Waals surface area contributed by atoms with Gasteiger partial charge in [0.25, 0.3) is 0 Å². The number of anilines is 2. The molecule has 10 nitrogen and oxygen atoms in total. The molecular formula is C32H40FN7O3S. The van der Waals surface area contributed by atoms with E-state index in [1.54, 1.807) is 59.6 Å². The van der Waals surface area contributed by atoms with E-state index in [0.717, 1.165) is 45.4 Å². The van der Waals surface area contributed by atoms with Crippen LogP contribution in [0.5, 0.6) is 11.5 Å². The van der Waals surface area contributed by atoms with E-state index in [9.17, 15) is 14.0 Å². The number of rotatable bonds is 11. The highest BCUT2D eigenvalue weighted by atomic mass is 32.1. The van der Waals surface area contributed by atoms with E-state index in [4.69, 9.17) is 17.0 Å². The van der Waals surface area contributed by atoms with Crippen molar-refractivity contribution in [3.05, 3.63) is 78.2 Å². The third-order valence-electron chi connectivity index (χ3n) is 7.35. The van der Waals surface area contributed by atoms with Crippen LogP contribution in [0.2, 0.25) is 0 Å². The van der Waals surface area contributed by atoms with Crippen molar-refractivity contribution in [2.45, 2.75) is 31.7 Å². The fourth-order valence-electron chi connectivity index (χ4n) is 4.91. The van der Waals surface area contributed by atoms with Crippen molar-refractivity contribution in [2.75, 3.05) is 58.0 Å². The number of amides is 3. The van der Waals surface area contributed by atoms with Gasteiger partial charge in [0.15, 0.2) is 5.11 Å². The summed E-state index contributed by atoms with van der Waals surface area (Å²) in [4.78, 5) is 35.9. The first-order chi connectivity index (χ1) is 21.1. The van der Waals surface area contributed by atoms with Gasteiger partial charge >= 0.3 is 6.03 Å². The molecule has 0 unspecified atom stereocenters. The molecule has 1 fully saturated rings. The Morgan fingerprint density at radius 1 is 1.00 bits per heavy atom. The lowest BCUT2D eigenvalue weighted by Gasteiger charge is -2.36. The van der Waals surface area contributed by atoms with E-state index in [1.807, 2.05) is 7.05 Å². The summed E-state index contributed by atoms with van der Waals surface area (Å²) >= 11 is 5.24. The van der Waals surface area contributed by atoms with Crippen molar-refractivity contribution in [2.24, 2.45) is 0 Å². The largest absolute Gasteiger partial charge is 0.457 e. The number of benzene rings is 2. The van der Waals surface area contributed by atoms with Crippen LogP contribution in [0.3, 0.4) is 0 Å². The molecule has 1 aliphatic rings. The minimum Gasteiger partial charge on any atom is -0.457 e. The third-order valence-corrected chi connectivity index (χ3v) is 7.55. The second-order valence-corrected chi connectivity index (χ2v) is 11.5. The summed E-state index contributed by atoms with van der Waals surface area (Å²) in [5.41, 5.74) is 1.34. The summed E-state index contributed by atoms with van der Waals surface area (Å²) in [6.07, 6.45) is 4.70. The summed E-state index contributed by atoms with van der Waals surface area (Å²) in [5, 5.41) is 8.61. The zero-order valence-corrected chi connectivity index (χ0v) is 26.2. The molecule has 0 atom stereocenters. The molecule has 234 valence electrons. The number of likely N-dealkylation sites (tertiary alicyclic amines) is 1. The van der Waals surface area contributed by atoms with Crippen LogP contribution < -0.4 is 20.7 Å². The Bertz CT molecular complexity index is 1400. The topological polar surface area (TPSA) is 102 Å². The molecule has 0 aliphatic carbocycles. The molecule has 4 rings (SSSR count). The van der Waals surface area contributed by atoms with E-state index in [2.05, 4.69) is 44.8 Å². The average molecular weight is 622 g/mol. The number of carbonyl (C=O) groups is 2. The van der Waals surface area contributed by atoms with Crippen LogP contribution in [0, 0.1) is 5.82 Å². The minimum absolute atomic E-state index is 0.0797. The number of ether oxygens (including phenoxy) is 1. The Morgan fingerprint density at radius 2 is 1.70 bits per heavy atom. The molecule has 1 aliphatic heterocycles. The van der Waals surface area contributed by atoms with Gasteiger partial charge in [-0.15, -0.1) is 0 Å². The monoisotopic (exact) mass is 621 g/mol. The van der Waals surface area contributed by atoms with Crippen LogP contribution in [0.15, 0.2) is 66.9 Å². The number of hydrogen-bond donors (Lipinski definition) is 3. The maximum absolute atomic E-state index is 13.1. The Labute approximate surface area is 263 Å². The molecule has 3 aromatic rings. The highest BCUT2D eigenvalue weighted by Gasteiger charge is 2.25. The Hall–Kier alpha value is -4.13. The Morgan fingerprint density at radius 3 is 2.39 bits per heavy atom. The van der Waals surface area contributed by atoms with Crippen molar-refractivity contribution >= 4 is 40.8 Å². The fourth-order valence-corrected chi connectivity index (χ4v) is 5.14.